The molecule has 2 unspecified atom stereocenters. The Morgan fingerprint density at radius 2 is 2.14 bits per heavy atom. The quantitative estimate of drug-likeness (QED) is 0.777. The van der Waals surface area contributed by atoms with Gasteiger partial charge >= 0.3 is 0 Å². The Bertz CT molecular complexity index is 314. The summed E-state index contributed by atoms with van der Waals surface area (Å²) >= 11 is 0. The summed E-state index contributed by atoms with van der Waals surface area (Å²) in [6, 6.07) is 4.27. The molecular weight excluding hydrogens is 181 g/mol. The van der Waals surface area contributed by atoms with E-state index in [4.69, 9.17) is 5.73 Å². The summed E-state index contributed by atoms with van der Waals surface area (Å²) in [6.45, 7) is 3.58. The van der Waals surface area contributed by atoms with E-state index in [0.717, 1.165) is 0 Å². The van der Waals surface area contributed by atoms with E-state index >= 15 is 0 Å². The Morgan fingerprint density at radius 1 is 1.50 bits per heavy atom. The molecule has 0 saturated heterocycles. The lowest BCUT2D eigenvalue weighted by atomic mass is 9.99. The van der Waals surface area contributed by atoms with E-state index in [9.17, 15) is 9.50 Å². The Hall–Kier alpha value is -0.930. The van der Waals surface area contributed by atoms with Crippen molar-refractivity contribution in [1.29, 1.82) is 0 Å². The number of aliphatic hydroxyl groups excluding tert-OH is 1. The van der Waals surface area contributed by atoms with Crippen molar-refractivity contribution < 1.29 is 9.50 Å². The van der Waals surface area contributed by atoms with Crippen molar-refractivity contribution in [2.75, 3.05) is 0 Å². The van der Waals surface area contributed by atoms with E-state index in [2.05, 4.69) is 0 Å². The number of halogens is 1. The summed E-state index contributed by atoms with van der Waals surface area (Å²) in [7, 11) is 0. The Morgan fingerprint density at radius 3 is 2.64 bits per heavy atom. The number of rotatable bonds is 3. The van der Waals surface area contributed by atoms with Gasteiger partial charge in [0.25, 0.3) is 0 Å². The fraction of sp³-hybridized carbons (Fsp3) is 0.455. The van der Waals surface area contributed by atoms with Crippen molar-refractivity contribution in [3.05, 3.63) is 35.1 Å². The van der Waals surface area contributed by atoms with Gasteiger partial charge in [-0.2, -0.15) is 0 Å². The molecule has 0 radical (unpaired) electrons. The van der Waals surface area contributed by atoms with Gasteiger partial charge in [0.15, 0.2) is 0 Å². The molecule has 0 heterocycles. The van der Waals surface area contributed by atoms with Crippen LogP contribution in [0.25, 0.3) is 0 Å². The lowest BCUT2D eigenvalue weighted by Gasteiger charge is -2.17. The third kappa shape index (κ3) is 2.30. The van der Waals surface area contributed by atoms with Crippen LogP contribution in [0.3, 0.4) is 0 Å². The van der Waals surface area contributed by atoms with Crippen LogP contribution in [0.15, 0.2) is 18.2 Å². The molecule has 3 heteroatoms. The SMILES string of the molecule is CCC(N)C(O)c1ccc(F)c(C)c1. The Balaban J connectivity index is 2.91. The first-order valence-electron chi connectivity index (χ1n) is 4.76. The predicted molar refractivity (Wildman–Crippen MR) is 54.4 cm³/mol. The van der Waals surface area contributed by atoms with Gasteiger partial charge in [-0.15, -0.1) is 0 Å². The van der Waals surface area contributed by atoms with Gasteiger partial charge in [-0.3, -0.25) is 0 Å². The Labute approximate surface area is 83.6 Å². The molecule has 14 heavy (non-hydrogen) atoms. The highest BCUT2D eigenvalue weighted by atomic mass is 19.1. The monoisotopic (exact) mass is 197 g/mol. The molecule has 0 bridgehead atoms. The first kappa shape index (κ1) is 11.1. The van der Waals surface area contributed by atoms with Crippen LogP contribution >= 0.6 is 0 Å². The summed E-state index contributed by atoms with van der Waals surface area (Å²) < 4.78 is 12.9. The van der Waals surface area contributed by atoms with Crippen LogP contribution in [0.2, 0.25) is 0 Å². The molecule has 0 aromatic heterocycles. The summed E-state index contributed by atoms with van der Waals surface area (Å²) in [5, 5.41) is 9.76. The minimum atomic E-state index is -0.709. The highest BCUT2D eigenvalue weighted by Gasteiger charge is 2.15. The maximum atomic E-state index is 12.9. The van der Waals surface area contributed by atoms with Crippen LogP contribution in [0.5, 0.6) is 0 Å². The van der Waals surface area contributed by atoms with Gasteiger partial charge < -0.3 is 10.8 Å². The van der Waals surface area contributed by atoms with Crippen molar-refractivity contribution >= 4 is 0 Å². The molecule has 0 fully saturated rings. The first-order valence-corrected chi connectivity index (χ1v) is 4.76. The largest absolute Gasteiger partial charge is 0.387 e. The maximum absolute atomic E-state index is 12.9. The predicted octanol–water partition coefficient (Wildman–Crippen LogP) is 1.90. The zero-order valence-corrected chi connectivity index (χ0v) is 8.50. The van der Waals surface area contributed by atoms with Crippen molar-refractivity contribution in [3.63, 3.8) is 0 Å². The van der Waals surface area contributed by atoms with Crippen molar-refractivity contribution in [3.8, 4) is 0 Å². The number of benzene rings is 1. The molecule has 1 aromatic carbocycles. The third-order valence-electron chi connectivity index (χ3n) is 2.40. The number of hydrogen-bond donors (Lipinski definition) is 2. The van der Waals surface area contributed by atoms with E-state index < -0.39 is 6.10 Å². The van der Waals surface area contributed by atoms with E-state index in [1.54, 1.807) is 19.1 Å². The van der Waals surface area contributed by atoms with Crippen LogP contribution in [0.4, 0.5) is 4.39 Å². The highest BCUT2D eigenvalue weighted by molar-refractivity contribution is 5.26. The van der Waals surface area contributed by atoms with E-state index in [1.165, 1.54) is 6.07 Å². The van der Waals surface area contributed by atoms with Gasteiger partial charge in [0.1, 0.15) is 5.82 Å². The van der Waals surface area contributed by atoms with Gasteiger partial charge in [-0.05, 0) is 30.5 Å². The molecule has 0 aliphatic rings. The van der Waals surface area contributed by atoms with Crippen molar-refractivity contribution in [1.82, 2.24) is 0 Å². The summed E-state index contributed by atoms with van der Waals surface area (Å²) in [6.07, 6.45) is -0.0169. The summed E-state index contributed by atoms with van der Waals surface area (Å²) in [4.78, 5) is 0. The fourth-order valence-corrected chi connectivity index (χ4v) is 1.32. The maximum Gasteiger partial charge on any atom is 0.126 e. The number of hydrogen-bond acceptors (Lipinski definition) is 2. The number of nitrogens with two attached hydrogens (primary N) is 1. The highest BCUT2D eigenvalue weighted by Crippen LogP contribution is 2.19. The Kier molecular flexibility index (Phi) is 3.61. The number of aryl methyl sites for hydroxylation is 1. The van der Waals surface area contributed by atoms with Crippen LogP contribution in [-0.2, 0) is 0 Å². The van der Waals surface area contributed by atoms with Crippen LogP contribution in [0, 0.1) is 12.7 Å². The molecule has 0 aliphatic heterocycles. The molecule has 1 rings (SSSR count). The minimum absolute atomic E-state index is 0.258. The summed E-state index contributed by atoms with van der Waals surface area (Å²) in [5.74, 6) is -0.258. The average Bonchev–Trinajstić information content (AvgIpc) is 2.20. The zero-order chi connectivity index (χ0) is 10.7. The van der Waals surface area contributed by atoms with Crippen molar-refractivity contribution in [2.45, 2.75) is 32.4 Å². The summed E-state index contributed by atoms with van der Waals surface area (Å²) in [5.41, 5.74) is 6.90. The van der Waals surface area contributed by atoms with Gasteiger partial charge in [-0.25, -0.2) is 4.39 Å². The zero-order valence-electron chi connectivity index (χ0n) is 8.50. The van der Waals surface area contributed by atoms with E-state index in [1.807, 2.05) is 6.92 Å². The molecule has 3 N–H and O–H groups in total. The lowest BCUT2D eigenvalue weighted by molar-refractivity contribution is 0.144. The lowest BCUT2D eigenvalue weighted by Crippen LogP contribution is -2.27. The molecule has 0 saturated carbocycles. The van der Waals surface area contributed by atoms with Gasteiger partial charge in [0.2, 0.25) is 0 Å². The molecule has 2 nitrogen and oxygen atoms in total. The van der Waals surface area contributed by atoms with Gasteiger partial charge in [0, 0.05) is 6.04 Å². The first-order chi connectivity index (χ1) is 6.56. The minimum Gasteiger partial charge on any atom is -0.387 e. The van der Waals surface area contributed by atoms with Crippen LogP contribution < -0.4 is 5.73 Å². The molecule has 0 spiro atoms. The van der Waals surface area contributed by atoms with Crippen molar-refractivity contribution in [2.24, 2.45) is 5.73 Å². The molecule has 0 amide bonds. The standard InChI is InChI=1S/C11H16FNO/c1-3-10(13)11(14)8-4-5-9(12)7(2)6-8/h4-6,10-11,14H,3,13H2,1-2H3. The van der Waals surface area contributed by atoms with Gasteiger partial charge in [0.05, 0.1) is 6.10 Å². The molecular formula is C11H16FNO. The second-order valence-electron chi connectivity index (χ2n) is 3.53. The average molecular weight is 197 g/mol. The molecule has 78 valence electrons. The smallest absolute Gasteiger partial charge is 0.126 e. The second kappa shape index (κ2) is 4.53. The topological polar surface area (TPSA) is 46.2 Å². The van der Waals surface area contributed by atoms with E-state index in [-0.39, 0.29) is 11.9 Å². The molecule has 0 aliphatic carbocycles. The fourth-order valence-electron chi connectivity index (χ4n) is 1.32. The third-order valence-corrected chi connectivity index (χ3v) is 2.40. The van der Waals surface area contributed by atoms with Crippen LogP contribution in [-0.4, -0.2) is 11.1 Å². The molecule has 2 atom stereocenters. The normalized spacial score (nSPS) is 15.2. The second-order valence-corrected chi connectivity index (χ2v) is 3.53. The van der Waals surface area contributed by atoms with Gasteiger partial charge in [-0.1, -0.05) is 19.1 Å². The van der Waals surface area contributed by atoms with E-state index in [0.29, 0.717) is 17.5 Å². The van der Waals surface area contributed by atoms with Crippen LogP contribution in [0.1, 0.15) is 30.6 Å². The number of aliphatic hydroxyl groups is 1. The molecule has 1 aromatic rings.